The van der Waals surface area contributed by atoms with Crippen LogP contribution < -0.4 is 15.6 Å². The number of hydrogen-bond acceptors (Lipinski definition) is 5. The maximum atomic E-state index is 11.9. The van der Waals surface area contributed by atoms with Crippen LogP contribution in [0.25, 0.3) is 5.82 Å². The van der Waals surface area contributed by atoms with E-state index in [1.54, 1.807) is 29.4 Å². The van der Waals surface area contributed by atoms with Gasteiger partial charge in [0.2, 0.25) is 0 Å². The minimum atomic E-state index is -0.124. The van der Waals surface area contributed by atoms with Crippen LogP contribution in [0.15, 0.2) is 66.0 Å². The Morgan fingerprint density at radius 1 is 1.08 bits per heavy atom. The number of benzene rings is 1. The van der Waals surface area contributed by atoms with Gasteiger partial charge in [0.25, 0.3) is 5.56 Å². The zero-order chi connectivity index (χ0) is 16.6. The zero-order valence-electron chi connectivity index (χ0n) is 13.2. The summed E-state index contributed by atoms with van der Waals surface area (Å²) in [4.78, 5) is 15.8. The largest absolute Gasteiger partial charge is 0.492 e. The van der Waals surface area contributed by atoms with Crippen molar-refractivity contribution in [2.24, 2.45) is 0 Å². The summed E-state index contributed by atoms with van der Waals surface area (Å²) in [6.45, 7) is 2.40. The van der Waals surface area contributed by atoms with Crippen LogP contribution in [0.4, 0.5) is 0 Å². The first-order valence-electron chi connectivity index (χ1n) is 7.78. The van der Waals surface area contributed by atoms with Crippen molar-refractivity contribution in [1.82, 2.24) is 24.6 Å². The van der Waals surface area contributed by atoms with E-state index >= 15 is 0 Å². The van der Waals surface area contributed by atoms with Gasteiger partial charge < -0.3 is 10.1 Å². The van der Waals surface area contributed by atoms with Gasteiger partial charge in [0, 0.05) is 31.5 Å². The quantitative estimate of drug-likeness (QED) is 0.628. The van der Waals surface area contributed by atoms with Crippen molar-refractivity contribution in [1.29, 1.82) is 0 Å². The van der Waals surface area contributed by atoms with Crippen molar-refractivity contribution >= 4 is 0 Å². The minimum Gasteiger partial charge on any atom is -0.492 e. The Labute approximate surface area is 139 Å². The van der Waals surface area contributed by atoms with Crippen LogP contribution in [0.1, 0.15) is 0 Å². The first-order chi connectivity index (χ1) is 11.8. The number of aromatic nitrogens is 4. The zero-order valence-corrected chi connectivity index (χ0v) is 13.2. The van der Waals surface area contributed by atoms with Gasteiger partial charge in [-0.2, -0.15) is 5.10 Å². The first kappa shape index (κ1) is 15.9. The molecule has 1 N–H and O–H groups in total. The Kier molecular flexibility index (Phi) is 5.36. The highest BCUT2D eigenvalue weighted by Gasteiger charge is 2.02. The highest BCUT2D eigenvalue weighted by molar-refractivity contribution is 5.21. The second-order valence-corrected chi connectivity index (χ2v) is 5.13. The molecule has 7 heteroatoms. The second kappa shape index (κ2) is 8.07. The predicted octanol–water partition coefficient (Wildman–Crippen LogP) is 1.10. The van der Waals surface area contributed by atoms with E-state index in [1.807, 2.05) is 30.3 Å². The van der Waals surface area contributed by atoms with Gasteiger partial charge in [0.1, 0.15) is 18.7 Å². The van der Waals surface area contributed by atoms with Crippen molar-refractivity contribution in [2.45, 2.75) is 6.54 Å². The van der Waals surface area contributed by atoms with Gasteiger partial charge >= 0.3 is 0 Å². The van der Waals surface area contributed by atoms with E-state index in [2.05, 4.69) is 15.4 Å². The second-order valence-electron chi connectivity index (χ2n) is 5.13. The third kappa shape index (κ3) is 4.30. The van der Waals surface area contributed by atoms with Crippen LogP contribution in [-0.2, 0) is 6.54 Å². The molecular formula is C17H19N5O2. The summed E-state index contributed by atoms with van der Waals surface area (Å²) in [6, 6.07) is 12.9. The SMILES string of the molecule is O=c1ccc(-n2ccnc2)nn1CCNCCOc1ccccc1. The fourth-order valence-corrected chi connectivity index (χ4v) is 2.20. The van der Waals surface area contributed by atoms with Gasteiger partial charge in [-0.05, 0) is 18.2 Å². The standard InChI is InChI=1S/C17H19N5O2/c23-17-7-6-16(21-11-8-19-14-21)20-22(17)12-9-18-10-13-24-15-4-2-1-3-5-15/h1-8,11,14,18H,9-10,12-13H2. The predicted molar refractivity (Wildman–Crippen MR) is 90.4 cm³/mol. The highest BCUT2D eigenvalue weighted by Crippen LogP contribution is 2.07. The molecular weight excluding hydrogens is 306 g/mol. The van der Waals surface area contributed by atoms with Gasteiger partial charge in [-0.3, -0.25) is 9.36 Å². The molecule has 2 heterocycles. The molecule has 0 saturated carbocycles. The molecule has 0 spiro atoms. The summed E-state index contributed by atoms with van der Waals surface area (Å²) in [7, 11) is 0. The third-order valence-corrected chi connectivity index (χ3v) is 3.41. The summed E-state index contributed by atoms with van der Waals surface area (Å²) in [5.74, 6) is 1.52. The van der Waals surface area contributed by atoms with Gasteiger partial charge in [0.05, 0.1) is 6.54 Å². The Morgan fingerprint density at radius 2 is 1.96 bits per heavy atom. The Hall–Kier alpha value is -2.93. The molecule has 1 aromatic carbocycles. The van der Waals surface area contributed by atoms with Gasteiger partial charge in [0.15, 0.2) is 5.82 Å². The number of hydrogen-bond donors (Lipinski definition) is 1. The molecule has 124 valence electrons. The van der Waals surface area contributed by atoms with E-state index in [1.165, 1.54) is 10.7 Å². The van der Waals surface area contributed by atoms with Crippen molar-refractivity contribution in [3.05, 3.63) is 71.5 Å². The molecule has 0 aliphatic rings. The molecule has 7 nitrogen and oxygen atoms in total. The smallest absolute Gasteiger partial charge is 0.266 e. The van der Waals surface area contributed by atoms with Crippen molar-refractivity contribution < 1.29 is 4.74 Å². The maximum Gasteiger partial charge on any atom is 0.266 e. The van der Waals surface area contributed by atoms with E-state index in [9.17, 15) is 4.79 Å². The first-order valence-corrected chi connectivity index (χ1v) is 7.78. The van der Waals surface area contributed by atoms with Crippen LogP contribution in [0, 0.1) is 0 Å². The van der Waals surface area contributed by atoms with E-state index in [0.717, 1.165) is 5.75 Å². The van der Waals surface area contributed by atoms with Crippen LogP contribution in [0.5, 0.6) is 5.75 Å². The maximum absolute atomic E-state index is 11.9. The summed E-state index contributed by atoms with van der Waals surface area (Å²) < 4.78 is 8.80. The van der Waals surface area contributed by atoms with E-state index in [0.29, 0.717) is 32.1 Å². The fourth-order valence-electron chi connectivity index (χ4n) is 2.20. The number of ether oxygens (including phenoxy) is 1. The topological polar surface area (TPSA) is 74.0 Å². The molecule has 2 aromatic heterocycles. The number of imidazole rings is 1. The fraction of sp³-hybridized carbons (Fsp3) is 0.235. The molecule has 3 rings (SSSR count). The molecule has 0 atom stereocenters. The van der Waals surface area contributed by atoms with Crippen LogP contribution >= 0.6 is 0 Å². The van der Waals surface area contributed by atoms with Crippen molar-refractivity contribution in [3.63, 3.8) is 0 Å². The van der Waals surface area contributed by atoms with Crippen LogP contribution in [-0.4, -0.2) is 39.0 Å². The molecule has 3 aromatic rings. The molecule has 0 amide bonds. The van der Waals surface area contributed by atoms with E-state index < -0.39 is 0 Å². The van der Waals surface area contributed by atoms with Crippen molar-refractivity contribution in [3.8, 4) is 11.6 Å². The van der Waals surface area contributed by atoms with Crippen molar-refractivity contribution in [2.75, 3.05) is 19.7 Å². The third-order valence-electron chi connectivity index (χ3n) is 3.41. The summed E-state index contributed by atoms with van der Waals surface area (Å²) in [5, 5.41) is 7.58. The summed E-state index contributed by atoms with van der Waals surface area (Å²) in [6.07, 6.45) is 5.11. The number of nitrogens with one attached hydrogen (secondary N) is 1. The lowest BCUT2D eigenvalue weighted by atomic mass is 10.3. The lowest BCUT2D eigenvalue weighted by Crippen LogP contribution is -2.31. The number of rotatable bonds is 8. The van der Waals surface area contributed by atoms with Gasteiger partial charge in [-0.25, -0.2) is 9.67 Å². The van der Waals surface area contributed by atoms with Gasteiger partial charge in [-0.1, -0.05) is 18.2 Å². The minimum absolute atomic E-state index is 0.124. The van der Waals surface area contributed by atoms with Crippen LogP contribution in [0.2, 0.25) is 0 Å². The lowest BCUT2D eigenvalue weighted by Gasteiger charge is -2.09. The van der Waals surface area contributed by atoms with Crippen LogP contribution in [0.3, 0.4) is 0 Å². The molecule has 0 unspecified atom stereocenters. The molecule has 24 heavy (non-hydrogen) atoms. The molecule has 0 saturated heterocycles. The lowest BCUT2D eigenvalue weighted by molar-refractivity contribution is 0.312. The number of nitrogens with zero attached hydrogens (tertiary/aromatic N) is 4. The van der Waals surface area contributed by atoms with E-state index in [4.69, 9.17) is 4.74 Å². The average Bonchev–Trinajstić information content (AvgIpc) is 3.15. The van der Waals surface area contributed by atoms with E-state index in [-0.39, 0.29) is 5.56 Å². The monoisotopic (exact) mass is 325 g/mol. The normalized spacial score (nSPS) is 10.7. The molecule has 0 aliphatic carbocycles. The Balaban J connectivity index is 1.45. The molecule has 0 aliphatic heterocycles. The van der Waals surface area contributed by atoms with Gasteiger partial charge in [-0.15, -0.1) is 0 Å². The molecule has 0 radical (unpaired) electrons. The molecule has 0 fully saturated rings. The molecule has 0 bridgehead atoms. The Morgan fingerprint density at radius 3 is 2.75 bits per heavy atom. The number of para-hydroxylation sites is 1. The summed E-state index contributed by atoms with van der Waals surface area (Å²) in [5.41, 5.74) is -0.124. The highest BCUT2D eigenvalue weighted by atomic mass is 16.5. The average molecular weight is 325 g/mol. The Bertz CT molecular complexity index is 799. The summed E-state index contributed by atoms with van der Waals surface area (Å²) >= 11 is 0.